The summed E-state index contributed by atoms with van der Waals surface area (Å²) in [7, 11) is 1.65. The molecule has 100 valence electrons. The summed E-state index contributed by atoms with van der Waals surface area (Å²) in [6.07, 6.45) is 2.48. The lowest BCUT2D eigenvalue weighted by atomic mass is 9.94. The Kier molecular flexibility index (Phi) is 3.31. The molecule has 3 unspecified atom stereocenters. The Labute approximate surface area is 114 Å². The Bertz CT molecular complexity index is 509. The fraction of sp³-hybridized carbons (Fsp3) is 0.533. The lowest BCUT2D eigenvalue weighted by Gasteiger charge is -2.32. The number of hydrogen-bond acceptors (Lipinski definition) is 4. The van der Waals surface area contributed by atoms with Crippen LogP contribution in [0.5, 0.6) is 5.75 Å². The highest BCUT2D eigenvalue weighted by Gasteiger charge is 2.34. The van der Waals surface area contributed by atoms with Crippen LogP contribution in [0.1, 0.15) is 18.4 Å². The molecule has 0 radical (unpaired) electrons. The molecule has 2 aliphatic heterocycles. The number of ether oxygens (including phenoxy) is 1. The lowest BCUT2D eigenvalue weighted by molar-refractivity contribution is 0.254. The predicted molar refractivity (Wildman–Crippen MR) is 74.3 cm³/mol. The van der Waals surface area contributed by atoms with Gasteiger partial charge in [0, 0.05) is 25.2 Å². The van der Waals surface area contributed by atoms with E-state index in [1.807, 2.05) is 12.1 Å². The minimum absolute atomic E-state index is 0.528. The molecule has 4 nitrogen and oxygen atoms in total. The number of hydrogen-bond donors (Lipinski definition) is 1. The zero-order valence-electron chi connectivity index (χ0n) is 11.2. The summed E-state index contributed by atoms with van der Waals surface area (Å²) in [6.45, 7) is 3.65. The first-order valence-electron chi connectivity index (χ1n) is 6.87. The highest BCUT2D eigenvalue weighted by molar-refractivity contribution is 5.60. The number of anilines is 1. The van der Waals surface area contributed by atoms with E-state index < -0.39 is 0 Å². The Hall–Kier alpha value is -1.73. The SMILES string of the molecule is COc1cc(C#N)ccc1NC1CCN2CCC1C2. The predicted octanol–water partition coefficient (Wildman–Crippen LogP) is 2.07. The van der Waals surface area contributed by atoms with Gasteiger partial charge < -0.3 is 15.0 Å². The van der Waals surface area contributed by atoms with Gasteiger partial charge in [0.2, 0.25) is 0 Å². The van der Waals surface area contributed by atoms with E-state index in [-0.39, 0.29) is 0 Å². The van der Waals surface area contributed by atoms with E-state index in [0.29, 0.717) is 11.6 Å². The quantitative estimate of drug-likeness (QED) is 0.900. The molecule has 0 aromatic heterocycles. The van der Waals surface area contributed by atoms with Crippen LogP contribution in [-0.2, 0) is 0 Å². The Morgan fingerprint density at radius 2 is 2.21 bits per heavy atom. The van der Waals surface area contributed by atoms with Crippen molar-refractivity contribution in [2.24, 2.45) is 5.92 Å². The van der Waals surface area contributed by atoms with Crippen molar-refractivity contribution < 1.29 is 4.74 Å². The number of benzene rings is 1. The fourth-order valence-electron chi connectivity index (χ4n) is 3.22. The minimum Gasteiger partial charge on any atom is -0.495 e. The Balaban J connectivity index is 1.77. The van der Waals surface area contributed by atoms with Gasteiger partial charge in [-0.2, -0.15) is 5.26 Å². The first-order chi connectivity index (χ1) is 9.30. The zero-order chi connectivity index (χ0) is 13.2. The van der Waals surface area contributed by atoms with E-state index >= 15 is 0 Å². The van der Waals surface area contributed by atoms with Crippen LogP contribution < -0.4 is 10.1 Å². The molecule has 2 fully saturated rings. The smallest absolute Gasteiger partial charge is 0.143 e. The molecular formula is C15H19N3O. The van der Waals surface area contributed by atoms with Crippen molar-refractivity contribution in [2.45, 2.75) is 18.9 Å². The van der Waals surface area contributed by atoms with Crippen molar-refractivity contribution in [3.05, 3.63) is 23.8 Å². The van der Waals surface area contributed by atoms with Crippen LogP contribution in [0.3, 0.4) is 0 Å². The van der Waals surface area contributed by atoms with Crippen molar-refractivity contribution in [2.75, 3.05) is 32.1 Å². The zero-order valence-corrected chi connectivity index (χ0v) is 11.2. The van der Waals surface area contributed by atoms with E-state index in [2.05, 4.69) is 16.3 Å². The van der Waals surface area contributed by atoms with E-state index in [1.165, 1.54) is 32.5 Å². The van der Waals surface area contributed by atoms with Crippen molar-refractivity contribution in [3.63, 3.8) is 0 Å². The third kappa shape index (κ3) is 2.39. The molecule has 2 aliphatic rings. The van der Waals surface area contributed by atoms with E-state index in [9.17, 15) is 0 Å². The van der Waals surface area contributed by atoms with E-state index in [4.69, 9.17) is 10.00 Å². The molecule has 2 bridgehead atoms. The molecule has 1 aromatic rings. The molecule has 2 saturated heterocycles. The van der Waals surface area contributed by atoms with Crippen molar-refractivity contribution in [1.82, 2.24) is 4.90 Å². The van der Waals surface area contributed by atoms with Crippen LogP contribution in [0.4, 0.5) is 5.69 Å². The number of fused-ring (bicyclic) bond motifs is 2. The average Bonchev–Trinajstić information content (AvgIpc) is 2.85. The molecule has 19 heavy (non-hydrogen) atoms. The number of piperidine rings is 1. The second-order valence-corrected chi connectivity index (χ2v) is 5.42. The van der Waals surface area contributed by atoms with Gasteiger partial charge in [-0.05, 0) is 37.4 Å². The summed E-state index contributed by atoms with van der Waals surface area (Å²) >= 11 is 0. The van der Waals surface area contributed by atoms with E-state index in [0.717, 1.165) is 17.4 Å². The fourth-order valence-corrected chi connectivity index (χ4v) is 3.22. The second kappa shape index (κ2) is 5.10. The molecule has 4 heteroatoms. The monoisotopic (exact) mass is 257 g/mol. The maximum Gasteiger partial charge on any atom is 0.143 e. The molecular weight excluding hydrogens is 238 g/mol. The first kappa shape index (κ1) is 12.3. The molecule has 1 aromatic carbocycles. The third-order valence-corrected chi connectivity index (χ3v) is 4.31. The van der Waals surface area contributed by atoms with Gasteiger partial charge in [0.1, 0.15) is 5.75 Å². The number of nitrogens with one attached hydrogen (secondary N) is 1. The van der Waals surface area contributed by atoms with Gasteiger partial charge in [0.25, 0.3) is 0 Å². The van der Waals surface area contributed by atoms with Crippen molar-refractivity contribution in [3.8, 4) is 11.8 Å². The summed E-state index contributed by atoms with van der Waals surface area (Å²) in [6, 6.07) is 8.27. The van der Waals surface area contributed by atoms with Gasteiger partial charge in [0.15, 0.2) is 0 Å². The van der Waals surface area contributed by atoms with Gasteiger partial charge in [-0.3, -0.25) is 0 Å². The van der Waals surface area contributed by atoms with Crippen molar-refractivity contribution in [1.29, 1.82) is 5.26 Å². The van der Waals surface area contributed by atoms with Crippen LogP contribution in [-0.4, -0.2) is 37.7 Å². The highest BCUT2D eigenvalue weighted by atomic mass is 16.5. The van der Waals surface area contributed by atoms with Crippen LogP contribution in [0, 0.1) is 17.2 Å². The maximum atomic E-state index is 8.92. The highest BCUT2D eigenvalue weighted by Crippen LogP contribution is 2.32. The summed E-state index contributed by atoms with van der Waals surface area (Å²) in [4.78, 5) is 2.54. The number of rotatable bonds is 3. The third-order valence-electron chi connectivity index (χ3n) is 4.31. The Morgan fingerprint density at radius 3 is 3.00 bits per heavy atom. The molecule has 1 N–H and O–H groups in total. The van der Waals surface area contributed by atoms with Gasteiger partial charge in [-0.1, -0.05) is 0 Å². The molecule has 0 aliphatic carbocycles. The lowest BCUT2D eigenvalue weighted by Crippen LogP contribution is -2.39. The standard InChI is InChI=1S/C15H19N3O/c1-19-15-8-11(9-16)2-3-14(15)17-13-5-7-18-6-4-12(13)10-18/h2-3,8,12-13,17H,4-7,10H2,1H3. The normalized spacial score (nSPS) is 28.7. The summed E-state index contributed by atoms with van der Waals surface area (Å²) in [5, 5.41) is 12.5. The molecule has 3 rings (SSSR count). The largest absolute Gasteiger partial charge is 0.495 e. The summed E-state index contributed by atoms with van der Waals surface area (Å²) in [5.74, 6) is 1.51. The van der Waals surface area contributed by atoms with Gasteiger partial charge in [-0.25, -0.2) is 0 Å². The molecule has 0 amide bonds. The molecule has 2 heterocycles. The van der Waals surface area contributed by atoms with Crippen LogP contribution in [0.15, 0.2) is 18.2 Å². The maximum absolute atomic E-state index is 8.92. The topological polar surface area (TPSA) is 48.3 Å². The number of methoxy groups -OCH3 is 1. The van der Waals surface area contributed by atoms with Crippen molar-refractivity contribution >= 4 is 5.69 Å². The minimum atomic E-state index is 0.528. The van der Waals surface area contributed by atoms with Crippen LogP contribution in [0.2, 0.25) is 0 Å². The second-order valence-electron chi connectivity index (χ2n) is 5.42. The first-order valence-corrected chi connectivity index (χ1v) is 6.87. The number of nitrogens with zero attached hydrogens (tertiary/aromatic N) is 2. The molecule has 3 atom stereocenters. The van der Waals surface area contributed by atoms with Gasteiger partial charge in [-0.15, -0.1) is 0 Å². The van der Waals surface area contributed by atoms with Gasteiger partial charge >= 0.3 is 0 Å². The number of nitriles is 1. The van der Waals surface area contributed by atoms with E-state index in [1.54, 1.807) is 13.2 Å². The molecule has 0 saturated carbocycles. The molecule has 0 spiro atoms. The average molecular weight is 257 g/mol. The Morgan fingerprint density at radius 1 is 1.37 bits per heavy atom. The van der Waals surface area contributed by atoms with Gasteiger partial charge in [0.05, 0.1) is 24.4 Å². The summed E-state index contributed by atoms with van der Waals surface area (Å²) in [5.41, 5.74) is 1.64. The van der Waals surface area contributed by atoms with Crippen LogP contribution in [0.25, 0.3) is 0 Å². The van der Waals surface area contributed by atoms with Crippen LogP contribution >= 0.6 is 0 Å². The summed E-state index contributed by atoms with van der Waals surface area (Å²) < 4.78 is 5.38.